The maximum absolute atomic E-state index is 11.4. The van der Waals surface area contributed by atoms with Gasteiger partial charge in [-0.15, -0.1) is 0 Å². The van der Waals surface area contributed by atoms with E-state index < -0.39 is 11.7 Å². The number of β-amino-alcohol motifs (C(OH)–C–C–N with tert-alkyl or cyclic N) is 1. The predicted molar refractivity (Wildman–Crippen MR) is 138 cm³/mol. The molecule has 0 radical (unpaired) electrons. The SMILES string of the molecule is COc1cc(CN2CC[C@H](O)[C@@](O)(COc3c(C)ccc(C)c3C)C2)ccc1OCCn1ccnc1. The van der Waals surface area contributed by atoms with Crippen LogP contribution in [0.1, 0.15) is 28.7 Å². The third-order valence-corrected chi connectivity index (χ3v) is 6.98. The van der Waals surface area contributed by atoms with E-state index in [1.54, 1.807) is 19.6 Å². The lowest BCUT2D eigenvalue weighted by atomic mass is 9.90. The number of nitrogens with zero attached hydrogens (tertiary/aromatic N) is 3. The molecule has 2 N–H and O–H groups in total. The Hall–Kier alpha value is -3.07. The molecule has 8 nitrogen and oxygen atoms in total. The molecule has 0 aliphatic carbocycles. The van der Waals surface area contributed by atoms with E-state index in [2.05, 4.69) is 16.0 Å². The topological polar surface area (TPSA) is 89.2 Å². The van der Waals surface area contributed by atoms with Gasteiger partial charge in [-0.1, -0.05) is 18.2 Å². The van der Waals surface area contributed by atoms with Gasteiger partial charge >= 0.3 is 0 Å². The molecule has 1 saturated heterocycles. The zero-order chi connectivity index (χ0) is 25.7. The van der Waals surface area contributed by atoms with Gasteiger partial charge in [-0.25, -0.2) is 4.98 Å². The molecule has 0 spiro atoms. The molecule has 8 heteroatoms. The number of aliphatic hydroxyl groups is 2. The molecule has 4 rings (SSSR count). The quantitative estimate of drug-likeness (QED) is 0.446. The number of aromatic nitrogens is 2. The summed E-state index contributed by atoms with van der Waals surface area (Å²) in [5, 5.41) is 22.0. The van der Waals surface area contributed by atoms with E-state index >= 15 is 0 Å². The summed E-state index contributed by atoms with van der Waals surface area (Å²) in [6.45, 7) is 8.88. The molecule has 2 aromatic carbocycles. The van der Waals surface area contributed by atoms with Crippen LogP contribution >= 0.6 is 0 Å². The van der Waals surface area contributed by atoms with E-state index in [1.807, 2.05) is 55.8 Å². The Balaban J connectivity index is 1.38. The fourth-order valence-electron chi connectivity index (χ4n) is 4.63. The highest BCUT2D eigenvalue weighted by molar-refractivity contribution is 5.45. The van der Waals surface area contributed by atoms with E-state index in [4.69, 9.17) is 14.2 Å². The number of aryl methyl sites for hydroxylation is 2. The molecule has 1 aromatic heterocycles. The summed E-state index contributed by atoms with van der Waals surface area (Å²) in [5.41, 5.74) is 2.89. The van der Waals surface area contributed by atoms with Gasteiger partial charge in [-0.05, 0) is 61.6 Å². The second-order valence-corrected chi connectivity index (χ2v) is 9.70. The highest BCUT2D eigenvalue weighted by Crippen LogP contribution is 2.31. The molecule has 0 amide bonds. The van der Waals surface area contributed by atoms with Gasteiger partial charge in [0.1, 0.15) is 24.6 Å². The molecule has 2 heterocycles. The van der Waals surface area contributed by atoms with Crippen LogP contribution in [0, 0.1) is 20.8 Å². The molecule has 3 aromatic rings. The van der Waals surface area contributed by atoms with Gasteiger partial charge in [0.25, 0.3) is 0 Å². The fraction of sp³-hybridized carbons (Fsp3) is 0.464. The Morgan fingerprint density at radius 3 is 2.64 bits per heavy atom. The molecule has 0 bridgehead atoms. The van der Waals surface area contributed by atoms with Crippen molar-refractivity contribution in [3.8, 4) is 17.2 Å². The largest absolute Gasteiger partial charge is 0.493 e. The summed E-state index contributed by atoms with van der Waals surface area (Å²) in [6.07, 6.45) is 5.02. The summed E-state index contributed by atoms with van der Waals surface area (Å²) >= 11 is 0. The minimum atomic E-state index is -1.36. The van der Waals surface area contributed by atoms with Crippen LogP contribution < -0.4 is 14.2 Å². The number of benzene rings is 2. The number of rotatable bonds is 10. The van der Waals surface area contributed by atoms with E-state index in [9.17, 15) is 10.2 Å². The first kappa shape index (κ1) is 26.0. The van der Waals surface area contributed by atoms with Crippen molar-refractivity contribution in [2.75, 3.05) is 33.4 Å². The second-order valence-electron chi connectivity index (χ2n) is 9.70. The molecular formula is C28H37N3O5. The highest BCUT2D eigenvalue weighted by Gasteiger charge is 2.42. The van der Waals surface area contributed by atoms with Crippen molar-refractivity contribution in [3.05, 3.63) is 71.3 Å². The van der Waals surface area contributed by atoms with Gasteiger partial charge in [0.2, 0.25) is 0 Å². The van der Waals surface area contributed by atoms with Crippen molar-refractivity contribution in [1.82, 2.24) is 14.5 Å². The standard InChI is InChI=1S/C28H37N3O5/c1-20-5-6-21(2)27(22(20)3)36-18-28(33)17-31(11-9-26(28)32)16-23-7-8-24(25(15-23)34-4)35-14-13-30-12-10-29-19-30/h5-8,10,12,15,19,26,32-33H,9,11,13-14,16-18H2,1-4H3/t26-,28-/m0/s1. The Morgan fingerprint density at radius 1 is 1.08 bits per heavy atom. The average Bonchev–Trinajstić information content (AvgIpc) is 3.38. The minimum absolute atomic E-state index is 0.0306. The van der Waals surface area contributed by atoms with Crippen molar-refractivity contribution < 1.29 is 24.4 Å². The molecule has 0 saturated carbocycles. The number of ether oxygens (including phenoxy) is 3. The van der Waals surface area contributed by atoms with Crippen molar-refractivity contribution in [3.63, 3.8) is 0 Å². The van der Waals surface area contributed by atoms with Crippen LogP contribution in [0.4, 0.5) is 0 Å². The molecule has 2 atom stereocenters. The number of aliphatic hydroxyl groups excluding tert-OH is 1. The van der Waals surface area contributed by atoms with Crippen LogP contribution in [0.5, 0.6) is 17.2 Å². The fourth-order valence-corrected chi connectivity index (χ4v) is 4.63. The number of hydrogen-bond donors (Lipinski definition) is 2. The van der Waals surface area contributed by atoms with Crippen LogP contribution in [0.3, 0.4) is 0 Å². The zero-order valence-corrected chi connectivity index (χ0v) is 21.6. The lowest BCUT2D eigenvalue weighted by molar-refractivity contribution is -0.140. The van der Waals surface area contributed by atoms with E-state index in [0.29, 0.717) is 50.7 Å². The van der Waals surface area contributed by atoms with E-state index in [1.165, 1.54) is 0 Å². The average molecular weight is 496 g/mol. The van der Waals surface area contributed by atoms with Crippen molar-refractivity contribution in [2.24, 2.45) is 0 Å². The van der Waals surface area contributed by atoms with Crippen molar-refractivity contribution in [2.45, 2.75) is 52.0 Å². The first-order valence-corrected chi connectivity index (χ1v) is 12.4. The van der Waals surface area contributed by atoms with Crippen LogP contribution in [-0.2, 0) is 13.1 Å². The number of hydrogen-bond acceptors (Lipinski definition) is 7. The molecule has 36 heavy (non-hydrogen) atoms. The molecular weight excluding hydrogens is 458 g/mol. The van der Waals surface area contributed by atoms with Crippen molar-refractivity contribution in [1.29, 1.82) is 0 Å². The number of imidazole rings is 1. The summed E-state index contributed by atoms with van der Waals surface area (Å²) in [4.78, 5) is 6.18. The molecule has 194 valence electrons. The lowest BCUT2D eigenvalue weighted by Gasteiger charge is -2.42. The molecule has 1 fully saturated rings. The van der Waals surface area contributed by atoms with E-state index in [0.717, 1.165) is 28.0 Å². The number of methoxy groups -OCH3 is 1. The Bertz CT molecular complexity index is 1150. The maximum Gasteiger partial charge on any atom is 0.161 e. The summed E-state index contributed by atoms with van der Waals surface area (Å²) in [6, 6.07) is 9.97. The summed E-state index contributed by atoms with van der Waals surface area (Å²) in [7, 11) is 1.63. The Kier molecular flexibility index (Phi) is 8.18. The molecule has 1 aliphatic rings. The van der Waals surface area contributed by atoms with Gasteiger partial charge in [-0.2, -0.15) is 0 Å². The van der Waals surface area contributed by atoms with Crippen molar-refractivity contribution >= 4 is 0 Å². The first-order valence-electron chi connectivity index (χ1n) is 12.4. The second kappa shape index (κ2) is 11.3. The first-order chi connectivity index (χ1) is 17.3. The van der Waals surface area contributed by atoms with Crippen LogP contribution in [-0.4, -0.2) is 69.8 Å². The lowest BCUT2D eigenvalue weighted by Crippen LogP contribution is -2.59. The summed E-state index contributed by atoms with van der Waals surface area (Å²) < 4.78 is 19.5. The maximum atomic E-state index is 11.4. The van der Waals surface area contributed by atoms with Crippen LogP contribution in [0.2, 0.25) is 0 Å². The Labute approximate surface area is 213 Å². The number of likely N-dealkylation sites (tertiary alicyclic amines) is 1. The van der Waals surface area contributed by atoms with E-state index in [-0.39, 0.29) is 6.61 Å². The molecule has 1 aliphatic heterocycles. The monoisotopic (exact) mass is 495 g/mol. The zero-order valence-electron chi connectivity index (χ0n) is 21.6. The minimum Gasteiger partial charge on any atom is -0.493 e. The normalized spacial score (nSPS) is 20.3. The van der Waals surface area contributed by atoms with Gasteiger partial charge in [-0.3, -0.25) is 4.90 Å². The third-order valence-electron chi connectivity index (χ3n) is 6.98. The van der Waals surface area contributed by atoms with Gasteiger partial charge in [0, 0.05) is 32.0 Å². The molecule has 0 unspecified atom stereocenters. The number of piperidine rings is 1. The third kappa shape index (κ3) is 6.00. The smallest absolute Gasteiger partial charge is 0.161 e. The van der Waals surface area contributed by atoms with Crippen LogP contribution in [0.15, 0.2) is 49.1 Å². The van der Waals surface area contributed by atoms with Crippen LogP contribution in [0.25, 0.3) is 0 Å². The van der Waals surface area contributed by atoms with Gasteiger partial charge in [0.15, 0.2) is 11.5 Å². The van der Waals surface area contributed by atoms with Gasteiger partial charge in [0.05, 0.1) is 26.1 Å². The Morgan fingerprint density at radius 2 is 1.89 bits per heavy atom. The van der Waals surface area contributed by atoms with Gasteiger partial charge < -0.3 is 29.0 Å². The summed E-state index contributed by atoms with van der Waals surface area (Å²) in [5.74, 6) is 2.13. The predicted octanol–water partition coefficient (Wildman–Crippen LogP) is 3.27. The highest BCUT2D eigenvalue weighted by atomic mass is 16.5.